The molecule has 2 N–H and O–H groups in total. The quantitative estimate of drug-likeness (QED) is 0.548. The van der Waals surface area contributed by atoms with E-state index in [4.69, 9.17) is 10.5 Å². The van der Waals surface area contributed by atoms with Gasteiger partial charge in [-0.1, -0.05) is 6.07 Å². The highest BCUT2D eigenvalue weighted by Crippen LogP contribution is 2.47. The van der Waals surface area contributed by atoms with E-state index in [1.807, 2.05) is 0 Å². The molecule has 5 rings (SSSR count). The van der Waals surface area contributed by atoms with Gasteiger partial charge in [-0.05, 0) is 17.7 Å². The van der Waals surface area contributed by atoms with Crippen LogP contribution in [-0.2, 0) is 30.5 Å². The van der Waals surface area contributed by atoms with Gasteiger partial charge in [0.15, 0.2) is 0 Å². The molecule has 1 aliphatic carbocycles. The number of carbonyl (C=O) groups excluding carboxylic acids is 1. The summed E-state index contributed by atoms with van der Waals surface area (Å²) in [6, 6.07) is 1.75. The Morgan fingerprint density at radius 1 is 1.18 bits per heavy atom. The molecule has 6 nitrogen and oxygen atoms in total. The lowest BCUT2D eigenvalue weighted by molar-refractivity contribution is -0.141. The Labute approximate surface area is 188 Å². The van der Waals surface area contributed by atoms with Crippen LogP contribution in [0.3, 0.4) is 0 Å². The number of nitrogens with zero attached hydrogens (tertiary/aromatic N) is 3. The highest BCUT2D eigenvalue weighted by molar-refractivity contribution is 5.99. The van der Waals surface area contributed by atoms with E-state index in [0.29, 0.717) is 27.5 Å². The minimum absolute atomic E-state index is 0.162. The monoisotopic (exact) mass is 482 g/mol. The number of hydrogen-bond acceptors (Lipinski definition) is 5. The molecule has 178 valence electrons. The van der Waals surface area contributed by atoms with E-state index in [-0.39, 0.29) is 30.1 Å². The van der Waals surface area contributed by atoms with Crippen LogP contribution in [0.2, 0.25) is 0 Å². The Hall–Kier alpha value is -3.41. The number of amides is 1. The Bertz CT molecular complexity index is 1360. The van der Waals surface area contributed by atoms with Gasteiger partial charge in [0.25, 0.3) is 11.8 Å². The minimum atomic E-state index is -4.81. The lowest BCUT2D eigenvalue weighted by Crippen LogP contribution is -2.40. The second kappa shape index (κ2) is 7.29. The van der Waals surface area contributed by atoms with Gasteiger partial charge in [0.2, 0.25) is 0 Å². The molecule has 2 aliphatic rings. The molecule has 1 aromatic carbocycles. The van der Waals surface area contributed by atoms with E-state index in [0.717, 1.165) is 19.2 Å². The molecule has 1 amide bonds. The zero-order chi connectivity index (χ0) is 24.6. The number of nitrogens with two attached hydrogens (primary N) is 1. The number of halogens is 6. The lowest BCUT2D eigenvalue weighted by Gasteiger charge is -2.30. The lowest BCUT2D eigenvalue weighted by atomic mass is 10.0. The SMILES string of the molecule is CN(C(=O)c1cc2c3c(c(N)nc2cc1F)COC3)[C@@H]1c2ccc(C(F)(F)F)nc2CC1(F)F. The first kappa shape index (κ1) is 22.4. The first-order chi connectivity index (χ1) is 15.9. The predicted molar refractivity (Wildman–Crippen MR) is 107 cm³/mol. The predicted octanol–water partition coefficient (Wildman–Crippen LogP) is 4.40. The van der Waals surface area contributed by atoms with Gasteiger partial charge in [-0.25, -0.2) is 23.1 Å². The summed E-state index contributed by atoms with van der Waals surface area (Å²) in [4.78, 5) is 21.3. The molecule has 3 heterocycles. The molecule has 0 spiro atoms. The van der Waals surface area contributed by atoms with E-state index in [2.05, 4.69) is 9.97 Å². The third kappa shape index (κ3) is 3.35. The highest BCUT2D eigenvalue weighted by atomic mass is 19.4. The van der Waals surface area contributed by atoms with Gasteiger partial charge in [-0.3, -0.25) is 4.79 Å². The molecule has 1 aliphatic heterocycles. The summed E-state index contributed by atoms with van der Waals surface area (Å²) in [5, 5.41) is 0.398. The first-order valence-electron chi connectivity index (χ1n) is 10.1. The van der Waals surface area contributed by atoms with Crippen molar-refractivity contribution in [2.75, 3.05) is 12.8 Å². The van der Waals surface area contributed by atoms with Crippen LogP contribution in [0, 0.1) is 5.82 Å². The van der Waals surface area contributed by atoms with Crippen molar-refractivity contribution in [3.63, 3.8) is 0 Å². The Balaban J connectivity index is 1.56. The largest absolute Gasteiger partial charge is 0.433 e. The second-order valence-electron chi connectivity index (χ2n) is 8.28. The molecule has 0 unspecified atom stereocenters. The number of rotatable bonds is 2. The fourth-order valence-electron chi connectivity index (χ4n) is 4.56. The normalized spacial score (nSPS) is 18.7. The van der Waals surface area contributed by atoms with Crippen LogP contribution in [0.1, 0.15) is 44.5 Å². The van der Waals surface area contributed by atoms with E-state index < -0.39 is 53.2 Å². The standard InChI is InChI=1S/C22H16F6N4O2/c1-32(18-9-2-3-17(22(26,27)28)30-16(9)6-21(18,24)25)20(33)11-4-10-12-7-34-8-13(12)19(29)31-15(10)5-14(11)23/h2-5,18H,6-8H2,1H3,(H2,29,31)/t18-/m1/s1. The number of pyridine rings is 2. The fourth-order valence-corrected chi connectivity index (χ4v) is 4.56. The van der Waals surface area contributed by atoms with Crippen LogP contribution < -0.4 is 5.73 Å². The Morgan fingerprint density at radius 2 is 1.88 bits per heavy atom. The third-order valence-electron chi connectivity index (χ3n) is 6.15. The highest BCUT2D eigenvalue weighted by Gasteiger charge is 2.52. The topological polar surface area (TPSA) is 81.3 Å². The molecule has 0 saturated carbocycles. The maximum absolute atomic E-state index is 14.9. The maximum atomic E-state index is 14.9. The summed E-state index contributed by atoms with van der Waals surface area (Å²) in [6.07, 6.45) is -5.89. The van der Waals surface area contributed by atoms with Crippen molar-refractivity contribution in [2.45, 2.75) is 37.8 Å². The molecule has 0 fully saturated rings. The van der Waals surface area contributed by atoms with E-state index in [1.54, 1.807) is 0 Å². The second-order valence-corrected chi connectivity index (χ2v) is 8.28. The summed E-state index contributed by atoms with van der Waals surface area (Å²) in [5.41, 5.74) is 4.82. The van der Waals surface area contributed by atoms with Crippen LogP contribution in [0.5, 0.6) is 0 Å². The molecule has 0 bridgehead atoms. The average Bonchev–Trinajstić information content (AvgIpc) is 3.33. The van der Waals surface area contributed by atoms with Crippen molar-refractivity contribution < 1.29 is 35.9 Å². The third-order valence-corrected chi connectivity index (χ3v) is 6.15. The number of nitrogen functional groups attached to an aromatic ring is 1. The van der Waals surface area contributed by atoms with Gasteiger partial charge in [-0.2, -0.15) is 13.2 Å². The van der Waals surface area contributed by atoms with Gasteiger partial charge < -0.3 is 15.4 Å². The summed E-state index contributed by atoms with van der Waals surface area (Å²) in [5.74, 6) is -5.51. The van der Waals surface area contributed by atoms with Crippen molar-refractivity contribution in [3.8, 4) is 0 Å². The van der Waals surface area contributed by atoms with Crippen LogP contribution in [0.15, 0.2) is 24.3 Å². The molecule has 34 heavy (non-hydrogen) atoms. The van der Waals surface area contributed by atoms with Crippen LogP contribution in [0.25, 0.3) is 10.9 Å². The fraction of sp³-hybridized carbons (Fsp3) is 0.318. The van der Waals surface area contributed by atoms with Crippen LogP contribution in [-0.4, -0.2) is 33.7 Å². The average molecular weight is 482 g/mol. The molecule has 0 radical (unpaired) electrons. The van der Waals surface area contributed by atoms with Gasteiger partial charge in [0.05, 0.1) is 36.4 Å². The number of ether oxygens (including phenoxy) is 1. The van der Waals surface area contributed by atoms with E-state index in [1.165, 1.54) is 6.07 Å². The number of anilines is 1. The molecule has 3 aromatic rings. The minimum Gasteiger partial charge on any atom is -0.383 e. The molecular weight excluding hydrogens is 466 g/mol. The number of carbonyl (C=O) groups is 1. The molecule has 1 atom stereocenters. The Morgan fingerprint density at radius 3 is 2.59 bits per heavy atom. The van der Waals surface area contributed by atoms with Crippen molar-refractivity contribution in [1.29, 1.82) is 0 Å². The van der Waals surface area contributed by atoms with Gasteiger partial charge in [0.1, 0.15) is 23.4 Å². The van der Waals surface area contributed by atoms with Crippen LogP contribution in [0.4, 0.5) is 32.2 Å². The molecular formula is C22H16F6N4O2. The van der Waals surface area contributed by atoms with Gasteiger partial charge in [-0.15, -0.1) is 0 Å². The number of aromatic nitrogens is 2. The van der Waals surface area contributed by atoms with Crippen molar-refractivity contribution in [3.05, 3.63) is 63.7 Å². The van der Waals surface area contributed by atoms with Gasteiger partial charge >= 0.3 is 6.18 Å². The van der Waals surface area contributed by atoms with Crippen molar-refractivity contribution >= 4 is 22.6 Å². The summed E-state index contributed by atoms with van der Waals surface area (Å²) in [6.45, 7) is 0.359. The molecule has 0 saturated heterocycles. The smallest absolute Gasteiger partial charge is 0.383 e. The number of fused-ring (bicyclic) bond motifs is 4. The summed E-state index contributed by atoms with van der Waals surface area (Å²) < 4.78 is 88.9. The molecule has 2 aromatic heterocycles. The molecule has 12 heteroatoms. The number of benzene rings is 1. The number of alkyl halides is 5. The zero-order valence-electron chi connectivity index (χ0n) is 17.5. The summed E-state index contributed by atoms with van der Waals surface area (Å²) >= 11 is 0. The van der Waals surface area contributed by atoms with E-state index in [9.17, 15) is 31.1 Å². The van der Waals surface area contributed by atoms with E-state index >= 15 is 0 Å². The first-order valence-corrected chi connectivity index (χ1v) is 10.1. The Kier molecular flexibility index (Phi) is 4.80. The van der Waals surface area contributed by atoms with Gasteiger partial charge in [0, 0.05) is 29.6 Å². The van der Waals surface area contributed by atoms with Crippen molar-refractivity contribution in [2.24, 2.45) is 0 Å². The van der Waals surface area contributed by atoms with Crippen LogP contribution >= 0.6 is 0 Å². The zero-order valence-corrected chi connectivity index (χ0v) is 17.5. The van der Waals surface area contributed by atoms with Crippen molar-refractivity contribution in [1.82, 2.24) is 14.9 Å². The number of hydrogen-bond donors (Lipinski definition) is 1. The summed E-state index contributed by atoms with van der Waals surface area (Å²) in [7, 11) is 1.05. The maximum Gasteiger partial charge on any atom is 0.433 e.